The summed E-state index contributed by atoms with van der Waals surface area (Å²) in [5, 5.41) is 4.46. The molecule has 0 spiro atoms. The molecule has 0 radical (unpaired) electrons. The SMILES string of the molecule is CCc1ccc(C(=O)Nc2csc(CF)n2)cc1OC(C)=O. The minimum atomic E-state index is -0.664. The van der Waals surface area contributed by atoms with E-state index in [0.717, 1.165) is 16.9 Å². The van der Waals surface area contributed by atoms with Crippen molar-refractivity contribution in [2.75, 3.05) is 5.32 Å². The van der Waals surface area contributed by atoms with Gasteiger partial charge in [-0.05, 0) is 24.1 Å². The van der Waals surface area contributed by atoms with Gasteiger partial charge in [0.1, 0.15) is 23.2 Å². The minimum Gasteiger partial charge on any atom is -0.426 e. The molecule has 7 heteroatoms. The number of ether oxygens (including phenoxy) is 1. The number of aromatic nitrogens is 1. The van der Waals surface area contributed by atoms with Gasteiger partial charge < -0.3 is 10.1 Å². The zero-order valence-electron chi connectivity index (χ0n) is 12.2. The summed E-state index contributed by atoms with van der Waals surface area (Å²) in [4.78, 5) is 27.2. The Kier molecular flexibility index (Phi) is 5.21. The monoisotopic (exact) mass is 322 g/mol. The molecule has 1 N–H and O–H groups in total. The molecule has 1 heterocycles. The second kappa shape index (κ2) is 7.13. The molecule has 2 rings (SSSR count). The maximum atomic E-state index is 12.4. The Morgan fingerprint density at radius 3 is 2.77 bits per heavy atom. The van der Waals surface area contributed by atoms with Crippen LogP contribution in [0.5, 0.6) is 5.75 Å². The number of hydrogen-bond donors (Lipinski definition) is 1. The van der Waals surface area contributed by atoms with Gasteiger partial charge >= 0.3 is 5.97 Å². The summed E-state index contributed by atoms with van der Waals surface area (Å²) in [6.45, 7) is 2.57. The first kappa shape index (κ1) is 16.1. The number of rotatable bonds is 5. The van der Waals surface area contributed by atoms with Crippen LogP contribution in [-0.2, 0) is 17.9 Å². The molecule has 0 saturated heterocycles. The van der Waals surface area contributed by atoms with Crippen molar-refractivity contribution >= 4 is 29.0 Å². The van der Waals surface area contributed by atoms with Gasteiger partial charge in [-0.25, -0.2) is 9.37 Å². The smallest absolute Gasteiger partial charge is 0.308 e. The third-order valence-corrected chi connectivity index (χ3v) is 3.69. The van der Waals surface area contributed by atoms with E-state index in [4.69, 9.17) is 4.74 Å². The molecule has 22 heavy (non-hydrogen) atoms. The number of esters is 1. The average Bonchev–Trinajstić information content (AvgIpc) is 2.94. The summed E-state index contributed by atoms with van der Waals surface area (Å²) in [5.41, 5.74) is 1.17. The number of amides is 1. The van der Waals surface area contributed by atoms with Crippen LogP contribution in [0.15, 0.2) is 23.6 Å². The number of nitrogens with zero attached hydrogens (tertiary/aromatic N) is 1. The topological polar surface area (TPSA) is 68.3 Å². The lowest BCUT2D eigenvalue weighted by molar-refractivity contribution is -0.131. The van der Waals surface area contributed by atoms with Crippen molar-refractivity contribution in [1.29, 1.82) is 0 Å². The van der Waals surface area contributed by atoms with Crippen LogP contribution in [0, 0.1) is 0 Å². The summed E-state index contributed by atoms with van der Waals surface area (Å²) in [5.74, 6) is -0.173. The number of benzene rings is 1. The highest BCUT2D eigenvalue weighted by Crippen LogP contribution is 2.22. The Labute approximate surface area is 131 Å². The van der Waals surface area contributed by atoms with E-state index >= 15 is 0 Å². The van der Waals surface area contributed by atoms with Gasteiger partial charge in [-0.15, -0.1) is 11.3 Å². The summed E-state index contributed by atoms with van der Waals surface area (Å²) in [7, 11) is 0. The normalized spacial score (nSPS) is 10.3. The van der Waals surface area contributed by atoms with Crippen LogP contribution >= 0.6 is 11.3 Å². The predicted molar refractivity (Wildman–Crippen MR) is 82.0 cm³/mol. The van der Waals surface area contributed by atoms with E-state index in [9.17, 15) is 14.0 Å². The van der Waals surface area contributed by atoms with Crippen LogP contribution in [0.4, 0.5) is 10.2 Å². The Hall–Kier alpha value is -2.28. The molecule has 1 amide bonds. The van der Waals surface area contributed by atoms with Gasteiger partial charge in [0, 0.05) is 17.9 Å². The molecule has 0 saturated carbocycles. The summed E-state index contributed by atoms with van der Waals surface area (Å²) < 4.78 is 17.6. The maximum absolute atomic E-state index is 12.4. The van der Waals surface area contributed by atoms with Crippen molar-refractivity contribution < 1.29 is 18.7 Å². The molecule has 0 bridgehead atoms. The lowest BCUT2D eigenvalue weighted by Crippen LogP contribution is -2.13. The van der Waals surface area contributed by atoms with Gasteiger partial charge in [-0.1, -0.05) is 13.0 Å². The second-order valence-electron chi connectivity index (χ2n) is 4.48. The van der Waals surface area contributed by atoms with Crippen molar-refractivity contribution in [3.8, 4) is 5.75 Å². The fourth-order valence-electron chi connectivity index (χ4n) is 1.86. The van der Waals surface area contributed by atoms with Gasteiger partial charge in [-0.3, -0.25) is 9.59 Å². The van der Waals surface area contributed by atoms with Crippen molar-refractivity contribution in [1.82, 2.24) is 4.98 Å². The number of anilines is 1. The zero-order valence-corrected chi connectivity index (χ0v) is 13.0. The molecular formula is C15H15FN2O3S. The molecule has 0 aliphatic rings. The Morgan fingerprint density at radius 1 is 1.41 bits per heavy atom. The third kappa shape index (κ3) is 3.88. The van der Waals surface area contributed by atoms with Crippen molar-refractivity contribution in [2.24, 2.45) is 0 Å². The second-order valence-corrected chi connectivity index (χ2v) is 5.43. The van der Waals surface area contributed by atoms with E-state index in [-0.39, 0.29) is 0 Å². The Morgan fingerprint density at radius 2 is 2.18 bits per heavy atom. The van der Waals surface area contributed by atoms with E-state index in [2.05, 4.69) is 10.3 Å². The molecule has 0 aliphatic heterocycles. The first-order chi connectivity index (χ1) is 10.5. The van der Waals surface area contributed by atoms with E-state index in [1.54, 1.807) is 17.5 Å². The number of carbonyl (C=O) groups is 2. The maximum Gasteiger partial charge on any atom is 0.308 e. The van der Waals surface area contributed by atoms with Gasteiger partial charge in [0.05, 0.1) is 0 Å². The summed E-state index contributed by atoms with van der Waals surface area (Å²) in [6.07, 6.45) is 0.677. The highest BCUT2D eigenvalue weighted by molar-refractivity contribution is 7.10. The highest BCUT2D eigenvalue weighted by Gasteiger charge is 2.13. The average molecular weight is 322 g/mol. The van der Waals surface area contributed by atoms with Crippen LogP contribution < -0.4 is 10.1 Å². The van der Waals surface area contributed by atoms with Gasteiger partial charge in [0.2, 0.25) is 0 Å². The Bertz CT molecular complexity index is 700. The first-order valence-electron chi connectivity index (χ1n) is 6.66. The quantitative estimate of drug-likeness (QED) is 0.677. The minimum absolute atomic E-state index is 0.302. The predicted octanol–water partition coefficient (Wildman–Crippen LogP) is 3.35. The number of carbonyl (C=O) groups excluding carboxylic acids is 2. The molecule has 0 atom stereocenters. The summed E-state index contributed by atoms with van der Waals surface area (Å²) >= 11 is 1.13. The number of halogens is 1. The molecule has 0 aliphatic carbocycles. The number of thiazole rings is 1. The molecule has 116 valence electrons. The van der Waals surface area contributed by atoms with Crippen molar-refractivity contribution in [3.63, 3.8) is 0 Å². The van der Waals surface area contributed by atoms with Crippen molar-refractivity contribution in [3.05, 3.63) is 39.7 Å². The zero-order chi connectivity index (χ0) is 16.1. The Balaban J connectivity index is 2.20. The molecule has 1 aromatic carbocycles. The van der Waals surface area contributed by atoms with Gasteiger partial charge in [0.15, 0.2) is 0 Å². The van der Waals surface area contributed by atoms with Crippen LogP contribution in [-0.4, -0.2) is 16.9 Å². The number of alkyl halides is 1. The highest BCUT2D eigenvalue weighted by atomic mass is 32.1. The molecule has 0 fully saturated rings. The number of hydrogen-bond acceptors (Lipinski definition) is 5. The van der Waals surface area contributed by atoms with E-state index < -0.39 is 18.6 Å². The van der Waals surface area contributed by atoms with E-state index in [1.807, 2.05) is 6.92 Å². The van der Waals surface area contributed by atoms with Crippen LogP contribution in [0.2, 0.25) is 0 Å². The third-order valence-electron chi connectivity index (χ3n) is 2.87. The number of nitrogens with one attached hydrogen (secondary N) is 1. The lowest BCUT2D eigenvalue weighted by Gasteiger charge is -2.09. The fourth-order valence-corrected chi connectivity index (χ4v) is 2.43. The number of aryl methyl sites for hydroxylation is 1. The molecular weight excluding hydrogens is 307 g/mol. The molecule has 5 nitrogen and oxygen atoms in total. The van der Waals surface area contributed by atoms with Crippen LogP contribution in [0.1, 0.15) is 34.8 Å². The van der Waals surface area contributed by atoms with Crippen LogP contribution in [0.25, 0.3) is 0 Å². The van der Waals surface area contributed by atoms with Gasteiger partial charge in [0.25, 0.3) is 5.91 Å². The van der Waals surface area contributed by atoms with Crippen molar-refractivity contribution in [2.45, 2.75) is 26.9 Å². The molecule has 0 unspecified atom stereocenters. The first-order valence-corrected chi connectivity index (χ1v) is 7.54. The lowest BCUT2D eigenvalue weighted by atomic mass is 10.1. The van der Waals surface area contributed by atoms with Crippen LogP contribution in [0.3, 0.4) is 0 Å². The van der Waals surface area contributed by atoms with E-state index in [1.165, 1.54) is 13.0 Å². The van der Waals surface area contributed by atoms with Gasteiger partial charge in [-0.2, -0.15) is 0 Å². The largest absolute Gasteiger partial charge is 0.426 e. The summed E-state index contributed by atoms with van der Waals surface area (Å²) in [6, 6.07) is 4.89. The standard InChI is InChI=1S/C15H15FN2O3S/c1-3-10-4-5-11(6-12(10)21-9(2)19)15(20)18-13-8-22-14(7-16)17-13/h4-6,8H,3,7H2,1-2H3,(H,18,20). The molecule has 2 aromatic rings. The molecule has 1 aromatic heterocycles. The van der Waals surface area contributed by atoms with E-state index in [0.29, 0.717) is 28.6 Å². The fraction of sp³-hybridized carbons (Fsp3) is 0.267.